The Labute approximate surface area is 116 Å². The normalized spacial score (nSPS) is 17.0. The number of aryl methyl sites for hydroxylation is 1. The van der Waals surface area contributed by atoms with E-state index in [-0.39, 0.29) is 0 Å². The van der Waals surface area contributed by atoms with Crippen LogP contribution in [0.5, 0.6) is 0 Å². The fourth-order valence-electron chi connectivity index (χ4n) is 2.56. The first kappa shape index (κ1) is 14.1. The summed E-state index contributed by atoms with van der Waals surface area (Å²) in [7, 11) is 4.33. The van der Waals surface area contributed by atoms with Crippen molar-refractivity contribution in [1.29, 1.82) is 0 Å². The number of anilines is 2. The SMILES string of the molecule is CCNc1nc(C)cc(N2CCC(N(C)C)CC2)n1. The van der Waals surface area contributed by atoms with Crippen molar-refractivity contribution >= 4 is 11.8 Å². The van der Waals surface area contributed by atoms with Crippen LogP contribution in [0.3, 0.4) is 0 Å². The fourth-order valence-corrected chi connectivity index (χ4v) is 2.56. The Kier molecular flexibility index (Phi) is 4.58. The Morgan fingerprint density at radius 1 is 1.32 bits per heavy atom. The zero-order valence-corrected chi connectivity index (χ0v) is 12.5. The van der Waals surface area contributed by atoms with E-state index in [1.54, 1.807) is 0 Å². The summed E-state index contributed by atoms with van der Waals surface area (Å²) in [5, 5.41) is 3.20. The summed E-state index contributed by atoms with van der Waals surface area (Å²) in [6, 6.07) is 2.78. The van der Waals surface area contributed by atoms with Gasteiger partial charge in [0.05, 0.1) is 0 Å². The standard InChI is InChI=1S/C14H25N5/c1-5-15-14-16-11(2)10-13(17-14)19-8-6-12(7-9-19)18(3)4/h10,12H,5-9H2,1-4H3,(H,15,16,17). The van der Waals surface area contributed by atoms with Crippen molar-refractivity contribution in [2.24, 2.45) is 0 Å². The molecule has 19 heavy (non-hydrogen) atoms. The van der Waals surface area contributed by atoms with Crippen LogP contribution in [0.25, 0.3) is 0 Å². The van der Waals surface area contributed by atoms with Gasteiger partial charge in [0.2, 0.25) is 5.95 Å². The van der Waals surface area contributed by atoms with Gasteiger partial charge in [-0.1, -0.05) is 0 Å². The molecule has 1 saturated heterocycles. The summed E-state index contributed by atoms with van der Waals surface area (Å²) in [6.07, 6.45) is 2.40. The molecule has 0 spiro atoms. The van der Waals surface area contributed by atoms with Gasteiger partial charge in [-0.2, -0.15) is 4.98 Å². The summed E-state index contributed by atoms with van der Waals surface area (Å²) < 4.78 is 0. The summed E-state index contributed by atoms with van der Waals surface area (Å²) >= 11 is 0. The minimum absolute atomic E-state index is 0.701. The van der Waals surface area contributed by atoms with Crippen LogP contribution in [0, 0.1) is 6.92 Å². The molecular formula is C14H25N5. The van der Waals surface area contributed by atoms with Crippen molar-refractivity contribution < 1.29 is 0 Å². The van der Waals surface area contributed by atoms with Crippen LogP contribution < -0.4 is 10.2 Å². The molecule has 2 heterocycles. The maximum absolute atomic E-state index is 4.61. The molecule has 0 bridgehead atoms. The molecule has 106 valence electrons. The molecule has 1 aromatic rings. The molecule has 1 aliphatic rings. The van der Waals surface area contributed by atoms with E-state index in [2.05, 4.69) is 52.2 Å². The maximum atomic E-state index is 4.61. The van der Waals surface area contributed by atoms with E-state index < -0.39 is 0 Å². The predicted octanol–water partition coefficient (Wildman–Crippen LogP) is 1.75. The highest BCUT2D eigenvalue weighted by molar-refractivity contribution is 5.45. The van der Waals surface area contributed by atoms with Crippen LogP contribution >= 0.6 is 0 Å². The number of nitrogens with one attached hydrogen (secondary N) is 1. The molecule has 0 radical (unpaired) electrons. The van der Waals surface area contributed by atoms with Crippen molar-refractivity contribution in [3.63, 3.8) is 0 Å². The molecule has 1 N–H and O–H groups in total. The zero-order chi connectivity index (χ0) is 13.8. The molecular weight excluding hydrogens is 238 g/mol. The number of piperidine rings is 1. The lowest BCUT2D eigenvalue weighted by Gasteiger charge is -2.35. The quantitative estimate of drug-likeness (QED) is 0.896. The first-order valence-corrected chi connectivity index (χ1v) is 7.11. The molecule has 1 aromatic heterocycles. The summed E-state index contributed by atoms with van der Waals surface area (Å²) in [4.78, 5) is 13.7. The zero-order valence-electron chi connectivity index (χ0n) is 12.5. The van der Waals surface area contributed by atoms with Crippen molar-refractivity contribution in [3.8, 4) is 0 Å². The minimum atomic E-state index is 0.701. The van der Waals surface area contributed by atoms with E-state index in [1.165, 1.54) is 12.8 Å². The molecule has 0 aliphatic carbocycles. The largest absolute Gasteiger partial charge is 0.356 e. The third kappa shape index (κ3) is 3.56. The fraction of sp³-hybridized carbons (Fsp3) is 0.714. The van der Waals surface area contributed by atoms with Crippen molar-refractivity contribution in [3.05, 3.63) is 11.8 Å². The van der Waals surface area contributed by atoms with Gasteiger partial charge in [-0.3, -0.25) is 0 Å². The van der Waals surface area contributed by atoms with Crippen LogP contribution in [0.2, 0.25) is 0 Å². The Bertz CT molecular complexity index is 410. The van der Waals surface area contributed by atoms with Crippen molar-refractivity contribution in [1.82, 2.24) is 14.9 Å². The molecule has 5 nitrogen and oxygen atoms in total. The second-order valence-electron chi connectivity index (χ2n) is 5.40. The lowest BCUT2D eigenvalue weighted by Crippen LogP contribution is -2.42. The average molecular weight is 263 g/mol. The van der Waals surface area contributed by atoms with E-state index in [1.807, 2.05) is 6.92 Å². The lowest BCUT2D eigenvalue weighted by molar-refractivity contribution is 0.249. The van der Waals surface area contributed by atoms with Gasteiger partial charge in [-0.25, -0.2) is 4.98 Å². The van der Waals surface area contributed by atoms with Gasteiger partial charge in [-0.05, 0) is 40.8 Å². The Hall–Kier alpha value is -1.36. The van der Waals surface area contributed by atoms with E-state index in [9.17, 15) is 0 Å². The molecule has 0 amide bonds. The molecule has 1 fully saturated rings. The second-order valence-corrected chi connectivity index (χ2v) is 5.40. The Balaban J connectivity index is 2.06. The number of rotatable bonds is 4. The monoisotopic (exact) mass is 263 g/mol. The van der Waals surface area contributed by atoms with Crippen LogP contribution in [-0.4, -0.2) is 54.6 Å². The Morgan fingerprint density at radius 3 is 2.58 bits per heavy atom. The number of hydrogen-bond donors (Lipinski definition) is 1. The highest BCUT2D eigenvalue weighted by Gasteiger charge is 2.21. The third-order valence-corrected chi connectivity index (χ3v) is 3.69. The van der Waals surface area contributed by atoms with Crippen molar-refractivity contribution in [2.75, 3.05) is 43.9 Å². The van der Waals surface area contributed by atoms with Gasteiger partial charge in [0.15, 0.2) is 0 Å². The molecule has 2 rings (SSSR count). The van der Waals surface area contributed by atoms with Crippen LogP contribution in [0.1, 0.15) is 25.5 Å². The third-order valence-electron chi connectivity index (χ3n) is 3.69. The van der Waals surface area contributed by atoms with E-state index in [4.69, 9.17) is 0 Å². The van der Waals surface area contributed by atoms with E-state index in [0.29, 0.717) is 6.04 Å². The Morgan fingerprint density at radius 2 is 2.00 bits per heavy atom. The maximum Gasteiger partial charge on any atom is 0.224 e. The van der Waals surface area contributed by atoms with Gasteiger partial charge in [-0.15, -0.1) is 0 Å². The number of aromatic nitrogens is 2. The van der Waals surface area contributed by atoms with Crippen LogP contribution in [-0.2, 0) is 0 Å². The molecule has 1 aliphatic heterocycles. The number of hydrogen-bond acceptors (Lipinski definition) is 5. The lowest BCUT2D eigenvalue weighted by atomic mass is 10.0. The van der Waals surface area contributed by atoms with Crippen LogP contribution in [0.15, 0.2) is 6.07 Å². The molecule has 0 aromatic carbocycles. The second kappa shape index (κ2) is 6.19. The van der Waals surface area contributed by atoms with Gasteiger partial charge in [0.1, 0.15) is 5.82 Å². The predicted molar refractivity (Wildman–Crippen MR) is 79.9 cm³/mol. The molecule has 0 saturated carbocycles. The summed E-state index contributed by atoms with van der Waals surface area (Å²) in [5.41, 5.74) is 1.02. The van der Waals surface area contributed by atoms with Gasteiger partial charge >= 0.3 is 0 Å². The number of nitrogens with zero attached hydrogens (tertiary/aromatic N) is 4. The highest BCUT2D eigenvalue weighted by atomic mass is 15.2. The first-order valence-electron chi connectivity index (χ1n) is 7.11. The van der Waals surface area contributed by atoms with E-state index >= 15 is 0 Å². The minimum Gasteiger partial charge on any atom is -0.356 e. The average Bonchev–Trinajstić information content (AvgIpc) is 2.38. The first-order chi connectivity index (χ1) is 9.10. The van der Waals surface area contributed by atoms with E-state index in [0.717, 1.165) is 37.1 Å². The molecule has 0 unspecified atom stereocenters. The van der Waals surface area contributed by atoms with Crippen LogP contribution in [0.4, 0.5) is 11.8 Å². The summed E-state index contributed by atoms with van der Waals surface area (Å²) in [5.74, 6) is 1.80. The highest BCUT2D eigenvalue weighted by Crippen LogP contribution is 2.21. The topological polar surface area (TPSA) is 44.3 Å². The summed E-state index contributed by atoms with van der Waals surface area (Å²) in [6.45, 7) is 7.09. The van der Waals surface area contributed by atoms with Gasteiger partial charge in [0.25, 0.3) is 0 Å². The van der Waals surface area contributed by atoms with Crippen molar-refractivity contribution in [2.45, 2.75) is 32.7 Å². The van der Waals surface area contributed by atoms with Gasteiger partial charge < -0.3 is 15.1 Å². The molecule has 5 heteroatoms. The van der Waals surface area contributed by atoms with Gasteiger partial charge in [0, 0.05) is 37.4 Å². The molecule has 0 atom stereocenters. The smallest absolute Gasteiger partial charge is 0.224 e.